The van der Waals surface area contributed by atoms with Gasteiger partial charge < -0.3 is 19.9 Å². The normalized spacial score (nSPS) is 47.1. The molecular formula is C31H49NO5. The molecule has 6 heteroatoms. The van der Waals surface area contributed by atoms with E-state index in [0.717, 1.165) is 38.5 Å². The molecule has 0 aromatic rings. The molecule has 6 nitrogen and oxygen atoms in total. The summed E-state index contributed by atoms with van der Waals surface area (Å²) in [6, 6.07) is 0. The summed E-state index contributed by atoms with van der Waals surface area (Å²) < 4.78 is 12.2. The van der Waals surface area contributed by atoms with Crippen LogP contribution in [0.5, 0.6) is 0 Å². The van der Waals surface area contributed by atoms with Crippen molar-refractivity contribution in [1.82, 2.24) is 5.32 Å². The van der Waals surface area contributed by atoms with Gasteiger partial charge in [0.05, 0.1) is 6.10 Å². The molecule has 5 rings (SSSR count). The van der Waals surface area contributed by atoms with Crippen molar-refractivity contribution in [2.75, 3.05) is 6.54 Å². The number of fused-ring (bicyclic) bond motifs is 7. The maximum Gasteiger partial charge on any atom is 0.302 e. The molecule has 3 saturated carbocycles. The van der Waals surface area contributed by atoms with Crippen LogP contribution in [0.1, 0.15) is 99.3 Å². The minimum Gasteiger partial charge on any atom is -0.462 e. The van der Waals surface area contributed by atoms with Crippen molar-refractivity contribution in [2.45, 2.75) is 117 Å². The van der Waals surface area contributed by atoms with Crippen LogP contribution in [0.2, 0.25) is 0 Å². The second-order valence-corrected chi connectivity index (χ2v) is 13.9. The zero-order chi connectivity index (χ0) is 26.8. The number of hydrogen-bond acceptors (Lipinski definition) is 5. The van der Waals surface area contributed by atoms with Gasteiger partial charge in [0.15, 0.2) is 5.79 Å². The zero-order valence-electron chi connectivity index (χ0n) is 23.8. The number of carbonyl (C=O) groups is 2. The maximum atomic E-state index is 11.7. The predicted molar refractivity (Wildman–Crippen MR) is 142 cm³/mol. The molecule has 0 aromatic carbocycles. The van der Waals surface area contributed by atoms with Gasteiger partial charge in [-0.2, -0.15) is 0 Å². The Morgan fingerprint density at radius 2 is 1.97 bits per heavy atom. The van der Waals surface area contributed by atoms with Crippen molar-refractivity contribution in [1.29, 1.82) is 0 Å². The topological polar surface area (TPSA) is 84.9 Å². The average molecular weight is 516 g/mol. The van der Waals surface area contributed by atoms with E-state index in [0.29, 0.717) is 42.6 Å². The SMILES string of the molecule is CC(=O)NC[C@H](C)CC[C@@]1(O)O[C@@H]2C[C@H]3[C@@H]4CC=C5C[C@@H](OC(C)=O)CC[C@]5(C)[C@H]4CC[C@]3(C)[C@H]2[C@@H]1C. The van der Waals surface area contributed by atoms with Crippen molar-refractivity contribution in [3.8, 4) is 0 Å². The van der Waals surface area contributed by atoms with Crippen molar-refractivity contribution >= 4 is 11.9 Å². The van der Waals surface area contributed by atoms with E-state index in [2.05, 4.69) is 39.1 Å². The van der Waals surface area contributed by atoms with Crippen LogP contribution in [0.15, 0.2) is 11.6 Å². The van der Waals surface area contributed by atoms with Gasteiger partial charge in [0.25, 0.3) is 0 Å². The summed E-state index contributed by atoms with van der Waals surface area (Å²) in [4.78, 5) is 22.8. The molecule has 37 heavy (non-hydrogen) atoms. The van der Waals surface area contributed by atoms with Crippen LogP contribution >= 0.6 is 0 Å². The molecule has 0 bridgehead atoms. The van der Waals surface area contributed by atoms with E-state index in [1.165, 1.54) is 25.3 Å². The lowest BCUT2D eigenvalue weighted by Gasteiger charge is -2.58. The third-order valence-electron chi connectivity index (χ3n) is 11.8. The lowest BCUT2D eigenvalue weighted by molar-refractivity contribution is -0.220. The van der Waals surface area contributed by atoms with Gasteiger partial charge in [-0.15, -0.1) is 0 Å². The number of amides is 1. The van der Waals surface area contributed by atoms with E-state index in [-0.39, 0.29) is 40.8 Å². The Kier molecular flexibility index (Phi) is 7.09. The molecule has 11 atom stereocenters. The third kappa shape index (κ3) is 4.58. The van der Waals surface area contributed by atoms with Gasteiger partial charge in [0.1, 0.15) is 6.10 Å². The van der Waals surface area contributed by atoms with E-state index in [9.17, 15) is 14.7 Å². The van der Waals surface area contributed by atoms with Crippen LogP contribution in [0.25, 0.3) is 0 Å². The molecule has 208 valence electrons. The maximum absolute atomic E-state index is 11.7. The fraction of sp³-hybridized carbons (Fsp3) is 0.871. The van der Waals surface area contributed by atoms with Crippen molar-refractivity contribution in [3.63, 3.8) is 0 Å². The second kappa shape index (κ2) is 9.66. The molecule has 2 N–H and O–H groups in total. The first-order chi connectivity index (χ1) is 17.4. The van der Waals surface area contributed by atoms with Crippen molar-refractivity contribution in [3.05, 3.63) is 11.6 Å². The minimum absolute atomic E-state index is 0.00359. The Bertz CT molecular complexity index is 948. The number of ether oxygens (including phenoxy) is 2. The molecule has 1 aliphatic heterocycles. The summed E-state index contributed by atoms with van der Waals surface area (Å²) >= 11 is 0. The highest BCUT2D eigenvalue weighted by Gasteiger charge is 2.67. The highest BCUT2D eigenvalue weighted by atomic mass is 16.6. The largest absolute Gasteiger partial charge is 0.462 e. The van der Waals surface area contributed by atoms with Gasteiger partial charge in [-0.1, -0.05) is 39.3 Å². The van der Waals surface area contributed by atoms with Crippen LogP contribution in [0.3, 0.4) is 0 Å². The number of nitrogens with one attached hydrogen (secondary N) is 1. The fourth-order valence-corrected chi connectivity index (χ4v) is 9.81. The molecule has 4 aliphatic carbocycles. The van der Waals surface area contributed by atoms with E-state index >= 15 is 0 Å². The van der Waals surface area contributed by atoms with Gasteiger partial charge in [0, 0.05) is 39.2 Å². The Balaban J connectivity index is 1.28. The van der Waals surface area contributed by atoms with E-state index in [1.54, 1.807) is 6.92 Å². The van der Waals surface area contributed by atoms with Crippen molar-refractivity contribution in [2.24, 2.45) is 46.3 Å². The molecule has 5 aliphatic rings. The molecule has 0 unspecified atom stereocenters. The van der Waals surface area contributed by atoms with Gasteiger partial charge >= 0.3 is 5.97 Å². The summed E-state index contributed by atoms with van der Waals surface area (Å²) in [5, 5.41) is 14.6. The molecule has 1 saturated heterocycles. The molecular weight excluding hydrogens is 466 g/mol. The number of aliphatic hydroxyl groups is 1. The Morgan fingerprint density at radius 3 is 2.68 bits per heavy atom. The smallest absolute Gasteiger partial charge is 0.302 e. The predicted octanol–water partition coefficient (Wildman–Crippen LogP) is 5.38. The third-order valence-corrected chi connectivity index (χ3v) is 11.8. The van der Waals surface area contributed by atoms with E-state index in [1.807, 2.05) is 0 Å². The molecule has 4 fully saturated rings. The number of rotatable bonds is 6. The molecule has 0 spiro atoms. The summed E-state index contributed by atoms with van der Waals surface area (Å²) in [6.45, 7) is 13.1. The van der Waals surface area contributed by atoms with E-state index in [4.69, 9.17) is 9.47 Å². The van der Waals surface area contributed by atoms with Crippen LogP contribution in [-0.4, -0.2) is 41.5 Å². The fourth-order valence-electron chi connectivity index (χ4n) is 9.81. The number of carbonyl (C=O) groups excluding carboxylic acids is 2. The quantitative estimate of drug-likeness (QED) is 0.366. The van der Waals surface area contributed by atoms with Crippen LogP contribution in [0, 0.1) is 46.3 Å². The average Bonchev–Trinajstić information content (AvgIpc) is 3.26. The number of allylic oxidation sites excluding steroid dienone is 1. The number of hydrogen-bond donors (Lipinski definition) is 2. The summed E-state index contributed by atoms with van der Waals surface area (Å²) in [7, 11) is 0. The highest BCUT2D eigenvalue weighted by Crippen LogP contribution is 2.70. The molecule has 1 amide bonds. The van der Waals surface area contributed by atoms with Gasteiger partial charge in [-0.05, 0) is 85.4 Å². The second-order valence-electron chi connectivity index (χ2n) is 13.9. The zero-order valence-corrected chi connectivity index (χ0v) is 23.8. The summed E-state index contributed by atoms with van der Waals surface area (Å²) in [5.41, 5.74) is 1.95. The van der Waals surface area contributed by atoms with Crippen LogP contribution in [0.4, 0.5) is 0 Å². The molecule has 1 heterocycles. The van der Waals surface area contributed by atoms with Gasteiger partial charge in [-0.3, -0.25) is 9.59 Å². The molecule has 0 aromatic heterocycles. The first-order valence-corrected chi connectivity index (χ1v) is 14.9. The minimum atomic E-state index is -1.06. The van der Waals surface area contributed by atoms with Gasteiger partial charge in [-0.25, -0.2) is 0 Å². The summed E-state index contributed by atoms with van der Waals surface area (Å²) in [5.74, 6) is 1.58. The number of esters is 1. The van der Waals surface area contributed by atoms with Gasteiger partial charge in [0.2, 0.25) is 5.91 Å². The molecule has 0 radical (unpaired) electrons. The van der Waals surface area contributed by atoms with Crippen LogP contribution in [-0.2, 0) is 19.1 Å². The highest BCUT2D eigenvalue weighted by molar-refractivity contribution is 5.72. The Labute approximate surface area is 223 Å². The Morgan fingerprint density at radius 1 is 1.22 bits per heavy atom. The first kappa shape index (κ1) is 27.2. The lowest BCUT2D eigenvalue weighted by Crippen LogP contribution is -2.52. The lowest BCUT2D eigenvalue weighted by atomic mass is 9.47. The Hall–Kier alpha value is -1.40. The van der Waals surface area contributed by atoms with Crippen molar-refractivity contribution < 1.29 is 24.2 Å². The standard InChI is InChI=1S/C31H49NO5/c1-18(17-32-20(3)33)9-14-31(35)19(2)28-27(37-31)16-26-24-8-7-22-15-23(36-21(4)34)10-12-29(22,5)25(24)11-13-30(26,28)6/h7,18-19,23-28,35H,8-17H2,1-6H3,(H,32,33)/t18-,19+,23+,24-,25+,26+,27-,28+,29+,30+,31-/m1/s1. The monoisotopic (exact) mass is 515 g/mol. The first-order valence-electron chi connectivity index (χ1n) is 14.9. The van der Waals surface area contributed by atoms with E-state index < -0.39 is 5.79 Å². The summed E-state index contributed by atoms with van der Waals surface area (Å²) in [6.07, 6.45) is 11.8. The van der Waals surface area contributed by atoms with Crippen LogP contribution < -0.4 is 5.32 Å².